The van der Waals surface area contributed by atoms with Gasteiger partial charge in [-0.3, -0.25) is 4.79 Å². The predicted molar refractivity (Wildman–Crippen MR) is 201 cm³/mol. The van der Waals surface area contributed by atoms with Crippen LogP contribution < -0.4 is 5.32 Å². The van der Waals surface area contributed by atoms with E-state index in [9.17, 15) is 25.2 Å². The lowest BCUT2D eigenvalue weighted by molar-refractivity contribution is -0.132. The van der Waals surface area contributed by atoms with Crippen molar-refractivity contribution >= 4 is 5.91 Å². The van der Waals surface area contributed by atoms with Crippen LogP contribution in [0, 0.1) is 0 Å². The summed E-state index contributed by atoms with van der Waals surface area (Å²) < 4.78 is 0. The maximum absolute atomic E-state index is 12.5. The first-order chi connectivity index (χ1) is 23.0. The molecule has 0 radical (unpaired) electrons. The van der Waals surface area contributed by atoms with Crippen molar-refractivity contribution in [3.05, 3.63) is 24.3 Å². The van der Waals surface area contributed by atoms with Gasteiger partial charge in [0.2, 0.25) is 5.91 Å². The molecule has 4 unspecified atom stereocenters. The number of carbonyl (C=O) groups is 1. The summed E-state index contributed by atoms with van der Waals surface area (Å²) in [6, 6.07) is -0.984. The average molecular weight is 666 g/mol. The van der Waals surface area contributed by atoms with Crippen LogP contribution in [0.5, 0.6) is 0 Å². The Hall–Kier alpha value is -1.21. The van der Waals surface area contributed by atoms with Crippen LogP contribution in [-0.4, -0.2) is 57.3 Å². The predicted octanol–water partition coefficient (Wildman–Crippen LogP) is 10.0. The lowest BCUT2D eigenvalue weighted by Gasteiger charge is -2.27. The minimum Gasteiger partial charge on any atom is -0.394 e. The van der Waals surface area contributed by atoms with Gasteiger partial charge < -0.3 is 25.7 Å². The number of hydrogen-bond acceptors (Lipinski definition) is 5. The minimum atomic E-state index is -1.26. The van der Waals surface area contributed by atoms with Crippen molar-refractivity contribution in [3.8, 4) is 0 Å². The summed E-state index contributed by atoms with van der Waals surface area (Å²) >= 11 is 0. The molecule has 0 heterocycles. The lowest BCUT2D eigenvalue weighted by atomic mass is 9.99. The van der Waals surface area contributed by atoms with E-state index in [2.05, 4.69) is 43.5 Å². The fourth-order valence-electron chi connectivity index (χ4n) is 6.16. The molecule has 6 nitrogen and oxygen atoms in total. The Labute approximate surface area is 291 Å². The zero-order valence-electron chi connectivity index (χ0n) is 31.0. The van der Waals surface area contributed by atoms with Gasteiger partial charge in [-0.05, 0) is 38.5 Å². The molecule has 0 aromatic rings. The van der Waals surface area contributed by atoms with Crippen LogP contribution >= 0.6 is 0 Å². The summed E-state index contributed by atoms with van der Waals surface area (Å²) in [5.41, 5.74) is 0. The molecular weight excluding hydrogens is 586 g/mol. The zero-order chi connectivity index (χ0) is 34.6. The molecule has 1 amide bonds. The second-order valence-corrected chi connectivity index (χ2v) is 14.0. The topological polar surface area (TPSA) is 110 Å². The first-order valence-electron chi connectivity index (χ1n) is 20.2. The standard InChI is InChI=1S/C41H79NO5/c1-3-5-7-9-11-13-15-17-18-19-20-21-23-25-27-29-31-33-35-39(45)41(47)42-37(36-43)40(46)38(44)34-32-30-28-26-24-22-16-14-12-10-8-6-4-2/h11,13,15,17,37-40,43-46H,3-10,12,14,16,18-36H2,1-2H3,(H,42,47)/b13-11-,17-15-. The summed E-state index contributed by atoms with van der Waals surface area (Å²) in [7, 11) is 0. The lowest BCUT2D eigenvalue weighted by Crippen LogP contribution is -2.53. The van der Waals surface area contributed by atoms with E-state index in [1.165, 1.54) is 128 Å². The van der Waals surface area contributed by atoms with Crippen LogP contribution in [0.1, 0.15) is 200 Å². The number of nitrogens with one attached hydrogen (secondary N) is 1. The van der Waals surface area contributed by atoms with Crippen LogP contribution in [0.3, 0.4) is 0 Å². The molecule has 0 aliphatic heterocycles. The van der Waals surface area contributed by atoms with E-state index in [1.807, 2.05) is 0 Å². The van der Waals surface area contributed by atoms with Crippen LogP contribution in [0.2, 0.25) is 0 Å². The number of aliphatic hydroxyl groups is 4. The number of hydrogen-bond donors (Lipinski definition) is 5. The van der Waals surface area contributed by atoms with Gasteiger partial charge in [0.05, 0.1) is 18.8 Å². The van der Waals surface area contributed by atoms with Crippen molar-refractivity contribution in [3.63, 3.8) is 0 Å². The van der Waals surface area contributed by atoms with Gasteiger partial charge in [-0.15, -0.1) is 0 Å². The Balaban J connectivity index is 3.78. The van der Waals surface area contributed by atoms with E-state index in [0.717, 1.165) is 44.9 Å². The first-order valence-corrected chi connectivity index (χ1v) is 20.2. The number of unbranched alkanes of at least 4 members (excludes halogenated alkanes) is 24. The second kappa shape index (κ2) is 36.1. The summed E-state index contributed by atoms with van der Waals surface area (Å²) in [6.45, 7) is 4.01. The van der Waals surface area contributed by atoms with Crippen LogP contribution in [0.15, 0.2) is 24.3 Å². The maximum Gasteiger partial charge on any atom is 0.249 e. The highest BCUT2D eigenvalue weighted by Gasteiger charge is 2.28. The Kier molecular flexibility index (Phi) is 35.2. The Bertz CT molecular complexity index is 712. The number of rotatable bonds is 36. The molecule has 4 atom stereocenters. The van der Waals surface area contributed by atoms with Gasteiger partial charge in [0.25, 0.3) is 0 Å². The first kappa shape index (κ1) is 45.8. The fourth-order valence-corrected chi connectivity index (χ4v) is 6.16. The molecule has 0 saturated heterocycles. The van der Waals surface area contributed by atoms with Crippen LogP contribution in [0.25, 0.3) is 0 Å². The van der Waals surface area contributed by atoms with Crippen LogP contribution in [-0.2, 0) is 4.79 Å². The van der Waals surface area contributed by atoms with Crippen molar-refractivity contribution in [2.45, 2.75) is 224 Å². The SMILES string of the molecule is CCCCC/C=C\C=C/CCCCCCCCCCCC(O)C(=O)NC(CO)C(O)C(O)CCCCCCCCCCCCCCC. The number of carbonyl (C=O) groups excluding carboxylic acids is 1. The fraction of sp³-hybridized carbons (Fsp3) is 0.878. The molecule has 0 aliphatic rings. The third-order valence-electron chi connectivity index (χ3n) is 9.44. The third-order valence-corrected chi connectivity index (χ3v) is 9.44. The molecule has 0 fully saturated rings. The monoisotopic (exact) mass is 666 g/mol. The summed E-state index contributed by atoms with van der Waals surface area (Å²) in [5, 5.41) is 43.5. The van der Waals surface area contributed by atoms with Crippen molar-refractivity contribution < 1.29 is 25.2 Å². The number of amides is 1. The van der Waals surface area contributed by atoms with Gasteiger partial charge in [0, 0.05) is 0 Å². The summed E-state index contributed by atoms with van der Waals surface area (Å²) in [6.07, 6.45) is 39.1. The molecule has 0 spiro atoms. The normalized spacial score (nSPS) is 14.6. The van der Waals surface area contributed by atoms with E-state index < -0.39 is 36.9 Å². The van der Waals surface area contributed by atoms with Crippen molar-refractivity contribution in [1.29, 1.82) is 0 Å². The zero-order valence-corrected chi connectivity index (χ0v) is 31.0. The van der Waals surface area contributed by atoms with E-state index in [0.29, 0.717) is 12.8 Å². The van der Waals surface area contributed by atoms with Gasteiger partial charge in [0.15, 0.2) is 0 Å². The highest BCUT2D eigenvalue weighted by molar-refractivity contribution is 5.80. The molecule has 0 rings (SSSR count). The summed E-state index contributed by atoms with van der Waals surface area (Å²) in [4.78, 5) is 12.5. The molecule has 47 heavy (non-hydrogen) atoms. The molecular formula is C41H79NO5. The van der Waals surface area contributed by atoms with Crippen LogP contribution in [0.4, 0.5) is 0 Å². The third kappa shape index (κ3) is 30.6. The highest BCUT2D eigenvalue weighted by Crippen LogP contribution is 2.16. The Morgan fingerprint density at radius 3 is 1.34 bits per heavy atom. The largest absolute Gasteiger partial charge is 0.394 e. The quantitative estimate of drug-likeness (QED) is 0.0338. The maximum atomic E-state index is 12.5. The number of allylic oxidation sites excluding steroid dienone is 4. The van der Waals surface area contributed by atoms with E-state index in [1.54, 1.807) is 0 Å². The number of aliphatic hydroxyl groups excluding tert-OH is 4. The summed E-state index contributed by atoms with van der Waals surface area (Å²) in [5.74, 6) is -0.589. The van der Waals surface area contributed by atoms with E-state index in [-0.39, 0.29) is 0 Å². The van der Waals surface area contributed by atoms with Crippen molar-refractivity contribution in [2.24, 2.45) is 0 Å². The second-order valence-electron chi connectivity index (χ2n) is 14.0. The van der Waals surface area contributed by atoms with Crippen molar-refractivity contribution in [1.82, 2.24) is 5.32 Å². The Morgan fingerprint density at radius 2 is 0.894 bits per heavy atom. The molecule has 0 bridgehead atoms. The smallest absolute Gasteiger partial charge is 0.249 e. The van der Waals surface area contributed by atoms with Gasteiger partial charge in [-0.25, -0.2) is 0 Å². The molecule has 278 valence electrons. The molecule has 0 aliphatic carbocycles. The van der Waals surface area contributed by atoms with Gasteiger partial charge in [-0.2, -0.15) is 0 Å². The van der Waals surface area contributed by atoms with Gasteiger partial charge in [0.1, 0.15) is 12.2 Å². The van der Waals surface area contributed by atoms with Gasteiger partial charge >= 0.3 is 0 Å². The van der Waals surface area contributed by atoms with Crippen molar-refractivity contribution in [2.75, 3.05) is 6.61 Å². The highest BCUT2D eigenvalue weighted by atomic mass is 16.3. The molecule has 0 aromatic carbocycles. The molecule has 0 saturated carbocycles. The Morgan fingerprint density at radius 1 is 0.532 bits per heavy atom. The molecule has 6 heteroatoms. The van der Waals surface area contributed by atoms with E-state index in [4.69, 9.17) is 0 Å². The molecule has 5 N–H and O–H groups in total. The average Bonchev–Trinajstić information content (AvgIpc) is 3.07. The van der Waals surface area contributed by atoms with Gasteiger partial charge in [-0.1, -0.05) is 186 Å². The molecule has 0 aromatic heterocycles. The minimum absolute atomic E-state index is 0.364. The van der Waals surface area contributed by atoms with E-state index >= 15 is 0 Å².